The molecule has 1 aliphatic rings. The lowest BCUT2D eigenvalue weighted by atomic mass is 9.80. The minimum Gasteiger partial charge on any atom is -0.466 e. The highest BCUT2D eigenvalue weighted by Gasteiger charge is 2.30. The molecule has 1 aliphatic carbocycles. The van der Waals surface area contributed by atoms with Gasteiger partial charge in [0.1, 0.15) is 0 Å². The molecule has 0 aliphatic heterocycles. The number of carbonyl (C=O) groups excluding carboxylic acids is 2. The van der Waals surface area contributed by atoms with Crippen molar-refractivity contribution in [2.75, 3.05) is 13.2 Å². The third-order valence-electron chi connectivity index (χ3n) is 3.35. The fourth-order valence-corrected chi connectivity index (χ4v) is 2.22. The van der Waals surface area contributed by atoms with Gasteiger partial charge in [-0.05, 0) is 32.1 Å². The topological polar surface area (TPSA) is 72.8 Å². The van der Waals surface area contributed by atoms with Crippen molar-refractivity contribution in [3.05, 3.63) is 12.2 Å². The normalized spacial score (nSPS) is 26.6. The molecule has 0 amide bonds. The van der Waals surface area contributed by atoms with Gasteiger partial charge in [0.25, 0.3) is 0 Å². The zero-order valence-corrected chi connectivity index (χ0v) is 11.6. The molecule has 1 N–H and O–H groups in total. The molecule has 0 spiro atoms. The highest BCUT2D eigenvalue weighted by molar-refractivity contribution is 5.86. The number of hydrogen-bond acceptors (Lipinski definition) is 5. The Hall–Kier alpha value is -1.36. The zero-order chi connectivity index (χ0) is 14.4. The molecule has 5 heteroatoms. The summed E-state index contributed by atoms with van der Waals surface area (Å²) < 4.78 is 10.1. The minimum absolute atomic E-state index is 0.0994. The predicted octanol–water partition coefficient (Wildman–Crippen LogP) is 1.45. The summed E-state index contributed by atoms with van der Waals surface area (Å²) in [5, 5.41) is 9.89. The minimum atomic E-state index is -0.466. The molecule has 5 nitrogen and oxygen atoms in total. The van der Waals surface area contributed by atoms with Crippen LogP contribution in [-0.2, 0) is 19.1 Å². The van der Waals surface area contributed by atoms with Crippen LogP contribution in [0.25, 0.3) is 0 Å². The largest absolute Gasteiger partial charge is 0.466 e. The van der Waals surface area contributed by atoms with Crippen LogP contribution in [0.2, 0.25) is 0 Å². The number of hydrogen-bond donors (Lipinski definition) is 1. The van der Waals surface area contributed by atoms with Crippen LogP contribution in [0.5, 0.6) is 0 Å². The molecular weight excluding hydrogens is 248 g/mol. The molecule has 1 fully saturated rings. The summed E-state index contributed by atoms with van der Waals surface area (Å²) in [5.41, 5.74) is 0.349. The van der Waals surface area contributed by atoms with E-state index in [0.29, 0.717) is 25.0 Å². The van der Waals surface area contributed by atoms with Gasteiger partial charge in [0.2, 0.25) is 0 Å². The molecule has 0 aromatic heterocycles. The Morgan fingerprint density at radius 1 is 1.21 bits per heavy atom. The third-order valence-corrected chi connectivity index (χ3v) is 3.35. The molecule has 1 saturated carbocycles. The Balaban J connectivity index is 2.40. The van der Waals surface area contributed by atoms with Gasteiger partial charge in [0.05, 0.1) is 19.3 Å². The van der Waals surface area contributed by atoms with Gasteiger partial charge in [-0.2, -0.15) is 0 Å². The van der Waals surface area contributed by atoms with Crippen molar-refractivity contribution in [1.29, 1.82) is 0 Å². The van der Waals surface area contributed by atoms with Crippen molar-refractivity contribution in [1.82, 2.24) is 0 Å². The van der Waals surface area contributed by atoms with Crippen molar-refractivity contribution in [2.24, 2.45) is 11.8 Å². The van der Waals surface area contributed by atoms with E-state index in [-0.39, 0.29) is 24.4 Å². The van der Waals surface area contributed by atoms with E-state index in [0.717, 1.165) is 6.42 Å². The summed E-state index contributed by atoms with van der Waals surface area (Å²) in [6, 6.07) is 0. The van der Waals surface area contributed by atoms with Crippen LogP contribution in [0, 0.1) is 11.8 Å². The van der Waals surface area contributed by atoms with E-state index in [1.165, 1.54) is 6.92 Å². The Labute approximate surface area is 113 Å². The number of aliphatic hydroxyl groups excluding tert-OH is 1. The maximum atomic E-state index is 11.3. The Kier molecular flexibility index (Phi) is 6.02. The fraction of sp³-hybridized carbons (Fsp3) is 0.714. The highest BCUT2D eigenvalue weighted by Crippen LogP contribution is 2.30. The first-order valence-electron chi connectivity index (χ1n) is 6.54. The van der Waals surface area contributed by atoms with Crippen LogP contribution in [0.4, 0.5) is 0 Å². The standard InChI is InChI=1S/C14H22O5/c1-9(2)14(17)19-8-12-6-11(4-5-13(12)16)7-18-10(3)15/h11-13,16H,1,4-8H2,2-3H3. The number of ether oxygens (including phenoxy) is 2. The summed E-state index contributed by atoms with van der Waals surface area (Å²) in [6.07, 6.45) is 1.69. The summed E-state index contributed by atoms with van der Waals surface area (Å²) in [6.45, 7) is 7.02. The van der Waals surface area contributed by atoms with Crippen LogP contribution in [0.1, 0.15) is 33.1 Å². The average molecular weight is 270 g/mol. The number of carbonyl (C=O) groups is 2. The second kappa shape index (κ2) is 7.28. The fourth-order valence-electron chi connectivity index (χ4n) is 2.22. The van der Waals surface area contributed by atoms with Crippen LogP contribution in [0.3, 0.4) is 0 Å². The van der Waals surface area contributed by atoms with Gasteiger partial charge in [-0.25, -0.2) is 4.79 Å². The van der Waals surface area contributed by atoms with Gasteiger partial charge in [-0.15, -0.1) is 0 Å². The van der Waals surface area contributed by atoms with E-state index in [9.17, 15) is 14.7 Å². The van der Waals surface area contributed by atoms with Crippen LogP contribution >= 0.6 is 0 Å². The van der Waals surface area contributed by atoms with E-state index in [4.69, 9.17) is 9.47 Å². The van der Waals surface area contributed by atoms with Gasteiger partial charge in [-0.3, -0.25) is 4.79 Å². The van der Waals surface area contributed by atoms with E-state index in [2.05, 4.69) is 6.58 Å². The molecular formula is C14H22O5. The average Bonchev–Trinajstić information content (AvgIpc) is 2.35. The van der Waals surface area contributed by atoms with Crippen LogP contribution < -0.4 is 0 Å². The zero-order valence-electron chi connectivity index (χ0n) is 11.6. The number of rotatable bonds is 5. The Morgan fingerprint density at radius 3 is 2.47 bits per heavy atom. The van der Waals surface area contributed by atoms with Gasteiger partial charge in [-0.1, -0.05) is 6.58 Å². The van der Waals surface area contributed by atoms with E-state index in [1.54, 1.807) is 6.92 Å². The first-order chi connectivity index (χ1) is 8.90. The van der Waals surface area contributed by atoms with Crippen molar-refractivity contribution < 1.29 is 24.2 Å². The first-order valence-corrected chi connectivity index (χ1v) is 6.54. The quantitative estimate of drug-likeness (QED) is 0.604. The van der Waals surface area contributed by atoms with E-state index < -0.39 is 12.1 Å². The van der Waals surface area contributed by atoms with Crippen LogP contribution in [0.15, 0.2) is 12.2 Å². The molecule has 108 valence electrons. The molecule has 0 aromatic rings. The molecule has 19 heavy (non-hydrogen) atoms. The summed E-state index contributed by atoms with van der Waals surface area (Å²) in [4.78, 5) is 22.1. The highest BCUT2D eigenvalue weighted by atomic mass is 16.5. The van der Waals surface area contributed by atoms with E-state index >= 15 is 0 Å². The molecule has 0 radical (unpaired) electrons. The lowest BCUT2D eigenvalue weighted by Crippen LogP contribution is -2.34. The molecule has 1 rings (SSSR count). The maximum Gasteiger partial charge on any atom is 0.333 e. The lowest BCUT2D eigenvalue weighted by molar-refractivity contribution is -0.144. The maximum absolute atomic E-state index is 11.3. The Bertz CT molecular complexity index is 350. The molecule has 0 bridgehead atoms. The van der Waals surface area contributed by atoms with Crippen molar-refractivity contribution in [3.63, 3.8) is 0 Å². The van der Waals surface area contributed by atoms with Gasteiger partial charge in [0.15, 0.2) is 0 Å². The second-order valence-corrected chi connectivity index (χ2v) is 5.19. The van der Waals surface area contributed by atoms with Crippen molar-refractivity contribution in [3.8, 4) is 0 Å². The molecule has 0 aromatic carbocycles. The SMILES string of the molecule is C=C(C)C(=O)OCC1CC(COC(C)=O)CCC1O. The summed E-state index contributed by atoms with van der Waals surface area (Å²) in [5.74, 6) is -0.607. The molecule has 3 atom stereocenters. The summed E-state index contributed by atoms with van der Waals surface area (Å²) >= 11 is 0. The smallest absolute Gasteiger partial charge is 0.333 e. The van der Waals surface area contributed by atoms with Gasteiger partial charge >= 0.3 is 11.9 Å². The monoisotopic (exact) mass is 270 g/mol. The lowest BCUT2D eigenvalue weighted by Gasteiger charge is -2.32. The van der Waals surface area contributed by atoms with Crippen molar-refractivity contribution >= 4 is 11.9 Å². The van der Waals surface area contributed by atoms with Gasteiger partial charge < -0.3 is 14.6 Å². The number of aliphatic hydroxyl groups is 1. The number of esters is 2. The molecule has 0 saturated heterocycles. The van der Waals surface area contributed by atoms with Crippen LogP contribution in [-0.4, -0.2) is 36.4 Å². The predicted molar refractivity (Wildman–Crippen MR) is 69.2 cm³/mol. The van der Waals surface area contributed by atoms with E-state index in [1.807, 2.05) is 0 Å². The Morgan fingerprint density at radius 2 is 1.89 bits per heavy atom. The third kappa shape index (κ3) is 5.42. The summed E-state index contributed by atoms with van der Waals surface area (Å²) in [7, 11) is 0. The second-order valence-electron chi connectivity index (χ2n) is 5.19. The molecule has 0 heterocycles. The molecule has 3 unspecified atom stereocenters. The van der Waals surface area contributed by atoms with Gasteiger partial charge in [0, 0.05) is 18.4 Å². The van der Waals surface area contributed by atoms with Crippen molar-refractivity contribution in [2.45, 2.75) is 39.2 Å². The first kappa shape index (κ1) is 15.7.